The molecule has 2 heterocycles. The molecular weight excluding hydrogens is 434 g/mol. The Labute approximate surface area is 187 Å². The van der Waals surface area contributed by atoms with Gasteiger partial charge in [0.25, 0.3) is 5.56 Å². The minimum absolute atomic E-state index is 0.0755. The molecule has 1 atom stereocenters. The number of piperidine rings is 1. The molecule has 1 saturated heterocycles. The van der Waals surface area contributed by atoms with E-state index in [-0.39, 0.29) is 25.3 Å². The summed E-state index contributed by atoms with van der Waals surface area (Å²) in [5, 5.41) is 8.56. The van der Waals surface area contributed by atoms with E-state index in [1.54, 1.807) is 49.4 Å². The molecule has 3 aromatic rings. The lowest BCUT2D eigenvalue weighted by Crippen LogP contribution is -2.45. The molecule has 1 aliphatic heterocycles. The number of aromatic nitrogens is 2. The Kier molecular flexibility index (Phi) is 5.91. The van der Waals surface area contributed by atoms with E-state index in [1.165, 1.54) is 4.57 Å². The van der Waals surface area contributed by atoms with Crippen molar-refractivity contribution in [3.8, 4) is 0 Å². The predicted octanol–water partition coefficient (Wildman–Crippen LogP) is 2.66. The molecule has 2 aromatic carbocycles. The minimum Gasteiger partial charge on any atom is -0.334 e. The number of hydrogen-bond donors (Lipinski definition) is 3. The number of amides is 4. The summed E-state index contributed by atoms with van der Waals surface area (Å²) in [6.07, 6.45) is 0.372. The van der Waals surface area contributed by atoms with Gasteiger partial charge in [0.2, 0.25) is 11.8 Å². The molecule has 0 radical (unpaired) electrons. The van der Waals surface area contributed by atoms with Crippen molar-refractivity contribution in [3.05, 3.63) is 69.2 Å². The van der Waals surface area contributed by atoms with Crippen LogP contribution in [0.25, 0.3) is 10.9 Å². The Morgan fingerprint density at radius 2 is 1.94 bits per heavy atom. The van der Waals surface area contributed by atoms with Gasteiger partial charge in [-0.3, -0.25) is 24.3 Å². The van der Waals surface area contributed by atoms with Gasteiger partial charge in [-0.25, -0.2) is 9.78 Å². The number of imide groups is 1. The van der Waals surface area contributed by atoms with Crippen LogP contribution in [-0.4, -0.2) is 27.4 Å². The van der Waals surface area contributed by atoms with Crippen molar-refractivity contribution >= 4 is 46.0 Å². The summed E-state index contributed by atoms with van der Waals surface area (Å²) in [7, 11) is 0. The summed E-state index contributed by atoms with van der Waals surface area (Å²) in [6.45, 7) is 1.72. The van der Waals surface area contributed by atoms with Crippen LogP contribution in [-0.2, 0) is 16.1 Å². The first-order valence-corrected chi connectivity index (χ1v) is 10.4. The fourth-order valence-corrected chi connectivity index (χ4v) is 3.88. The largest absolute Gasteiger partial charge is 0.334 e. The third-order valence-electron chi connectivity index (χ3n) is 5.26. The fourth-order valence-electron chi connectivity index (χ4n) is 3.75. The fraction of sp³-hybridized carbons (Fsp3) is 0.227. The van der Waals surface area contributed by atoms with Crippen LogP contribution in [0.3, 0.4) is 0 Å². The number of nitrogens with zero attached hydrogens (tertiary/aromatic N) is 2. The van der Waals surface area contributed by atoms with Crippen molar-refractivity contribution in [2.24, 2.45) is 0 Å². The Morgan fingerprint density at radius 1 is 1.19 bits per heavy atom. The molecule has 164 valence electrons. The number of nitrogens with one attached hydrogen (secondary N) is 3. The maximum Gasteiger partial charge on any atom is 0.319 e. The Morgan fingerprint density at radius 3 is 2.66 bits per heavy atom. The van der Waals surface area contributed by atoms with Crippen LogP contribution in [0.15, 0.2) is 47.3 Å². The van der Waals surface area contributed by atoms with Crippen molar-refractivity contribution in [3.63, 3.8) is 0 Å². The van der Waals surface area contributed by atoms with Gasteiger partial charge in [-0.05, 0) is 49.2 Å². The molecule has 10 heteroatoms. The van der Waals surface area contributed by atoms with Gasteiger partial charge in [-0.15, -0.1) is 0 Å². The van der Waals surface area contributed by atoms with Gasteiger partial charge in [0.15, 0.2) is 0 Å². The van der Waals surface area contributed by atoms with Crippen molar-refractivity contribution in [2.75, 3.05) is 5.32 Å². The number of carbonyl (C=O) groups excluding carboxylic acids is 3. The average Bonchev–Trinajstić information content (AvgIpc) is 2.75. The number of fused-ring (bicyclic) bond motifs is 1. The standard InChI is InChI=1S/C22H20ClN5O4/c1-12-25-16-4-2-3-13(11-24-22(32)26-15-7-5-14(23)6-8-15)19(16)21(31)28(12)17-9-10-18(29)27-20(17)30/h2-8,17H,9-11H2,1H3,(H2,24,26,32)(H,27,29,30). The quantitative estimate of drug-likeness (QED) is 0.524. The van der Waals surface area contributed by atoms with Crippen LogP contribution >= 0.6 is 11.6 Å². The van der Waals surface area contributed by atoms with Gasteiger partial charge >= 0.3 is 6.03 Å². The number of carbonyl (C=O) groups is 3. The number of aryl methyl sites for hydroxylation is 1. The summed E-state index contributed by atoms with van der Waals surface area (Å²) >= 11 is 5.85. The number of rotatable bonds is 4. The van der Waals surface area contributed by atoms with E-state index in [1.807, 2.05) is 0 Å². The zero-order valence-corrected chi connectivity index (χ0v) is 17.9. The average molecular weight is 454 g/mol. The van der Waals surface area contributed by atoms with Crippen molar-refractivity contribution in [1.82, 2.24) is 20.2 Å². The van der Waals surface area contributed by atoms with E-state index in [0.29, 0.717) is 33.0 Å². The lowest BCUT2D eigenvalue weighted by Gasteiger charge is -2.24. The molecule has 3 N–H and O–H groups in total. The molecule has 0 saturated carbocycles. The monoisotopic (exact) mass is 453 g/mol. The number of urea groups is 1. The van der Waals surface area contributed by atoms with Crippen LogP contribution in [0.1, 0.15) is 30.3 Å². The summed E-state index contributed by atoms with van der Waals surface area (Å²) in [6, 6.07) is 10.6. The highest BCUT2D eigenvalue weighted by Crippen LogP contribution is 2.21. The second-order valence-corrected chi connectivity index (χ2v) is 7.86. The lowest BCUT2D eigenvalue weighted by atomic mass is 10.0. The zero-order valence-electron chi connectivity index (χ0n) is 17.1. The second kappa shape index (κ2) is 8.80. The van der Waals surface area contributed by atoms with Crippen LogP contribution in [0.5, 0.6) is 0 Å². The van der Waals surface area contributed by atoms with Crippen LogP contribution in [0.2, 0.25) is 5.02 Å². The molecule has 0 spiro atoms. The van der Waals surface area contributed by atoms with Crippen molar-refractivity contribution in [1.29, 1.82) is 0 Å². The molecule has 1 aliphatic rings. The maximum absolute atomic E-state index is 13.4. The molecule has 0 aliphatic carbocycles. The summed E-state index contributed by atoms with van der Waals surface area (Å²) < 4.78 is 1.32. The Hall–Kier alpha value is -3.72. The number of anilines is 1. The molecule has 1 fully saturated rings. The van der Waals surface area contributed by atoms with Crippen molar-refractivity contribution < 1.29 is 14.4 Å². The molecule has 1 unspecified atom stereocenters. The smallest absolute Gasteiger partial charge is 0.319 e. The summed E-state index contributed by atoms with van der Waals surface area (Å²) in [4.78, 5) is 54.0. The molecule has 4 rings (SSSR count). The van der Waals surface area contributed by atoms with Crippen LogP contribution in [0.4, 0.5) is 10.5 Å². The van der Waals surface area contributed by atoms with Crippen molar-refractivity contribution in [2.45, 2.75) is 32.4 Å². The molecule has 9 nitrogen and oxygen atoms in total. The summed E-state index contributed by atoms with van der Waals surface area (Å²) in [5.41, 5.74) is 1.21. The van der Waals surface area contributed by atoms with E-state index < -0.39 is 23.5 Å². The van der Waals surface area contributed by atoms with E-state index in [0.717, 1.165) is 0 Å². The lowest BCUT2D eigenvalue weighted by molar-refractivity contribution is -0.135. The van der Waals surface area contributed by atoms with Crippen LogP contribution < -0.4 is 21.5 Å². The van der Waals surface area contributed by atoms with E-state index >= 15 is 0 Å². The van der Waals surface area contributed by atoms with Gasteiger partial charge < -0.3 is 10.6 Å². The van der Waals surface area contributed by atoms with Gasteiger partial charge in [0, 0.05) is 23.7 Å². The minimum atomic E-state index is -0.814. The number of hydrogen-bond acceptors (Lipinski definition) is 5. The van der Waals surface area contributed by atoms with E-state index in [9.17, 15) is 19.2 Å². The summed E-state index contributed by atoms with van der Waals surface area (Å²) in [5.74, 6) is -0.504. The first kappa shape index (κ1) is 21.5. The van der Waals surface area contributed by atoms with E-state index in [4.69, 9.17) is 11.6 Å². The topological polar surface area (TPSA) is 122 Å². The zero-order chi connectivity index (χ0) is 22.8. The van der Waals surface area contributed by atoms with E-state index in [2.05, 4.69) is 20.9 Å². The first-order chi connectivity index (χ1) is 15.3. The van der Waals surface area contributed by atoms with Gasteiger partial charge in [-0.1, -0.05) is 23.7 Å². The molecule has 0 bridgehead atoms. The second-order valence-electron chi connectivity index (χ2n) is 7.43. The third-order valence-corrected chi connectivity index (χ3v) is 5.51. The highest BCUT2D eigenvalue weighted by molar-refractivity contribution is 6.30. The molecular formula is C22H20ClN5O4. The predicted molar refractivity (Wildman–Crippen MR) is 119 cm³/mol. The Balaban J connectivity index is 1.61. The normalized spacial score (nSPS) is 16.0. The Bertz CT molecular complexity index is 1290. The maximum atomic E-state index is 13.4. The van der Waals surface area contributed by atoms with Gasteiger partial charge in [0.1, 0.15) is 11.9 Å². The third kappa shape index (κ3) is 4.33. The molecule has 1 aromatic heterocycles. The highest BCUT2D eigenvalue weighted by Gasteiger charge is 2.30. The van der Waals surface area contributed by atoms with Gasteiger partial charge in [0.05, 0.1) is 10.9 Å². The first-order valence-electron chi connectivity index (χ1n) is 9.98. The number of benzene rings is 2. The SMILES string of the molecule is Cc1nc2cccc(CNC(=O)Nc3ccc(Cl)cc3)c2c(=O)n1C1CCC(=O)NC1=O. The van der Waals surface area contributed by atoms with Crippen LogP contribution in [0, 0.1) is 6.92 Å². The number of halogens is 1. The van der Waals surface area contributed by atoms with Gasteiger partial charge in [-0.2, -0.15) is 0 Å². The highest BCUT2D eigenvalue weighted by atomic mass is 35.5. The molecule has 4 amide bonds. The molecule has 32 heavy (non-hydrogen) atoms.